The molecule has 132 valence electrons. The SMILES string of the molecule is Cc1ccnn1CCC(=O)N1CC[C@H](Cc2ccc(C(=O)O)cc2)C1. The van der Waals surface area contributed by atoms with Crippen LogP contribution in [0.25, 0.3) is 0 Å². The van der Waals surface area contributed by atoms with Crippen molar-refractivity contribution in [2.24, 2.45) is 5.92 Å². The Balaban J connectivity index is 1.48. The average molecular weight is 341 g/mol. The predicted octanol–water partition coefficient (Wildman–Crippen LogP) is 2.37. The maximum Gasteiger partial charge on any atom is 0.335 e. The van der Waals surface area contributed by atoms with E-state index in [-0.39, 0.29) is 5.91 Å². The number of carboxylic acid groups (broad SMARTS) is 1. The quantitative estimate of drug-likeness (QED) is 0.875. The number of aromatic carboxylic acids is 1. The van der Waals surface area contributed by atoms with Gasteiger partial charge in [0.1, 0.15) is 0 Å². The number of aromatic nitrogens is 2. The molecule has 2 heterocycles. The zero-order valence-electron chi connectivity index (χ0n) is 14.4. The van der Waals surface area contributed by atoms with E-state index < -0.39 is 5.97 Å². The average Bonchev–Trinajstić information content (AvgIpc) is 3.22. The van der Waals surface area contributed by atoms with Crippen LogP contribution in [0.4, 0.5) is 0 Å². The summed E-state index contributed by atoms with van der Waals surface area (Å²) in [5.41, 5.74) is 2.49. The molecular formula is C19H23N3O3. The van der Waals surface area contributed by atoms with Crippen LogP contribution in [0, 0.1) is 12.8 Å². The van der Waals surface area contributed by atoms with E-state index in [4.69, 9.17) is 5.11 Å². The molecule has 0 aliphatic carbocycles. The van der Waals surface area contributed by atoms with E-state index in [1.165, 1.54) is 0 Å². The number of aryl methyl sites for hydroxylation is 2. The lowest BCUT2D eigenvalue weighted by atomic mass is 9.98. The zero-order chi connectivity index (χ0) is 17.8. The molecule has 1 fully saturated rings. The highest BCUT2D eigenvalue weighted by atomic mass is 16.4. The van der Waals surface area contributed by atoms with Crippen molar-refractivity contribution < 1.29 is 14.7 Å². The molecule has 0 saturated carbocycles. The van der Waals surface area contributed by atoms with E-state index in [0.717, 1.165) is 37.2 Å². The van der Waals surface area contributed by atoms with Gasteiger partial charge < -0.3 is 10.0 Å². The highest BCUT2D eigenvalue weighted by molar-refractivity contribution is 5.87. The molecule has 0 bridgehead atoms. The summed E-state index contributed by atoms with van der Waals surface area (Å²) in [5.74, 6) is -0.290. The molecule has 1 amide bonds. The third-order valence-electron chi connectivity index (χ3n) is 4.83. The number of nitrogens with zero attached hydrogens (tertiary/aromatic N) is 3. The Kier molecular flexibility index (Phi) is 5.16. The van der Waals surface area contributed by atoms with Gasteiger partial charge in [-0.25, -0.2) is 4.79 Å². The third kappa shape index (κ3) is 4.26. The third-order valence-corrected chi connectivity index (χ3v) is 4.83. The van der Waals surface area contributed by atoms with Crippen molar-refractivity contribution in [1.29, 1.82) is 0 Å². The first-order chi connectivity index (χ1) is 12.0. The Labute approximate surface area is 147 Å². The molecule has 1 aromatic carbocycles. The molecule has 2 aromatic rings. The Hall–Kier alpha value is -2.63. The van der Waals surface area contributed by atoms with E-state index in [1.54, 1.807) is 18.3 Å². The summed E-state index contributed by atoms with van der Waals surface area (Å²) < 4.78 is 1.86. The fourth-order valence-corrected chi connectivity index (χ4v) is 3.34. The van der Waals surface area contributed by atoms with Gasteiger partial charge in [0.05, 0.1) is 5.56 Å². The molecule has 1 aromatic heterocycles. The number of amides is 1. The predicted molar refractivity (Wildman–Crippen MR) is 93.4 cm³/mol. The molecule has 1 saturated heterocycles. The molecule has 1 aliphatic heterocycles. The lowest BCUT2D eigenvalue weighted by Gasteiger charge is -2.17. The second-order valence-corrected chi connectivity index (χ2v) is 6.65. The van der Waals surface area contributed by atoms with Gasteiger partial charge >= 0.3 is 5.97 Å². The van der Waals surface area contributed by atoms with Gasteiger partial charge in [-0.05, 0) is 49.4 Å². The molecule has 25 heavy (non-hydrogen) atoms. The number of likely N-dealkylation sites (tertiary alicyclic amines) is 1. The number of carboxylic acids is 1. The van der Waals surface area contributed by atoms with Gasteiger partial charge in [-0.1, -0.05) is 12.1 Å². The van der Waals surface area contributed by atoms with Crippen LogP contribution in [0.15, 0.2) is 36.5 Å². The van der Waals surface area contributed by atoms with E-state index in [0.29, 0.717) is 24.4 Å². The van der Waals surface area contributed by atoms with Crippen molar-refractivity contribution in [3.8, 4) is 0 Å². The van der Waals surface area contributed by atoms with Crippen molar-refractivity contribution in [3.05, 3.63) is 53.3 Å². The number of hydrogen-bond donors (Lipinski definition) is 1. The Bertz CT molecular complexity index is 752. The summed E-state index contributed by atoms with van der Waals surface area (Å²) >= 11 is 0. The van der Waals surface area contributed by atoms with Gasteiger partial charge in [-0.3, -0.25) is 9.48 Å². The van der Waals surface area contributed by atoms with Crippen molar-refractivity contribution in [2.45, 2.75) is 32.7 Å². The van der Waals surface area contributed by atoms with Gasteiger partial charge in [-0.2, -0.15) is 5.10 Å². The van der Waals surface area contributed by atoms with E-state index in [1.807, 2.05) is 34.7 Å². The van der Waals surface area contributed by atoms with Crippen molar-refractivity contribution >= 4 is 11.9 Å². The summed E-state index contributed by atoms with van der Waals surface area (Å²) in [7, 11) is 0. The van der Waals surface area contributed by atoms with Crippen LogP contribution >= 0.6 is 0 Å². The van der Waals surface area contributed by atoms with E-state index in [9.17, 15) is 9.59 Å². The first kappa shape index (κ1) is 17.2. The lowest BCUT2D eigenvalue weighted by molar-refractivity contribution is -0.130. The van der Waals surface area contributed by atoms with Gasteiger partial charge in [0.25, 0.3) is 0 Å². The summed E-state index contributed by atoms with van der Waals surface area (Å²) in [5, 5.41) is 13.2. The van der Waals surface area contributed by atoms with Gasteiger partial charge in [0.15, 0.2) is 0 Å². The fourth-order valence-electron chi connectivity index (χ4n) is 3.34. The van der Waals surface area contributed by atoms with Gasteiger partial charge in [0, 0.05) is 37.9 Å². The first-order valence-corrected chi connectivity index (χ1v) is 8.61. The summed E-state index contributed by atoms with van der Waals surface area (Å²) in [4.78, 5) is 25.2. The summed E-state index contributed by atoms with van der Waals surface area (Å²) in [6.07, 6.45) is 4.10. The standard InChI is InChI=1S/C19H23N3O3/c1-14-6-9-20-22(14)11-8-18(23)21-10-7-16(13-21)12-15-2-4-17(5-3-15)19(24)25/h2-6,9,16H,7-8,10-13H2,1H3,(H,24,25)/t16-/m1/s1. The molecule has 3 rings (SSSR count). The van der Waals surface area contributed by atoms with Crippen LogP contribution in [-0.2, 0) is 17.8 Å². The molecule has 1 aliphatic rings. The smallest absolute Gasteiger partial charge is 0.335 e. The zero-order valence-corrected chi connectivity index (χ0v) is 14.4. The highest BCUT2D eigenvalue weighted by Gasteiger charge is 2.26. The van der Waals surface area contributed by atoms with Crippen molar-refractivity contribution in [3.63, 3.8) is 0 Å². The van der Waals surface area contributed by atoms with Crippen LogP contribution in [0.1, 0.15) is 34.5 Å². The van der Waals surface area contributed by atoms with Gasteiger partial charge in [-0.15, -0.1) is 0 Å². The molecule has 0 unspecified atom stereocenters. The Morgan fingerprint density at radius 2 is 2.00 bits per heavy atom. The minimum atomic E-state index is -0.906. The monoisotopic (exact) mass is 341 g/mol. The number of benzene rings is 1. The van der Waals surface area contributed by atoms with Crippen LogP contribution in [0.3, 0.4) is 0 Å². The largest absolute Gasteiger partial charge is 0.478 e. The Morgan fingerprint density at radius 3 is 2.64 bits per heavy atom. The van der Waals surface area contributed by atoms with Crippen LogP contribution in [-0.4, -0.2) is 44.8 Å². The first-order valence-electron chi connectivity index (χ1n) is 8.61. The second-order valence-electron chi connectivity index (χ2n) is 6.65. The van der Waals surface area contributed by atoms with Crippen molar-refractivity contribution in [1.82, 2.24) is 14.7 Å². The maximum atomic E-state index is 12.4. The molecule has 1 atom stereocenters. The molecule has 1 N–H and O–H groups in total. The highest BCUT2D eigenvalue weighted by Crippen LogP contribution is 2.22. The topological polar surface area (TPSA) is 75.4 Å². The molecule has 6 nitrogen and oxygen atoms in total. The van der Waals surface area contributed by atoms with Crippen LogP contribution in [0.2, 0.25) is 0 Å². The molecule has 0 spiro atoms. The Morgan fingerprint density at radius 1 is 1.24 bits per heavy atom. The number of rotatable bonds is 6. The van der Waals surface area contributed by atoms with E-state index >= 15 is 0 Å². The molecule has 6 heteroatoms. The summed E-state index contributed by atoms with van der Waals surface area (Å²) in [6, 6.07) is 8.96. The minimum absolute atomic E-state index is 0.179. The second kappa shape index (κ2) is 7.51. The number of hydrogen-bond acceptors (Lipinski definition) is 3. The van der Waals surface area contributed by atoms with Crippen LogP contribution < -0.4 is 0 Å². The van der Waals surface area contributed by atoms with Crippen LogP contribution in [0.5, 0.6) is 0 Å². The molecular weight excluding hydrogens is 318 g/mol. The lowest BCUT2D eigenvalue weighted by Crippen LogP contribution is -2.29. The van der Waals surface area contributed by atoms with E-state index in [2.05, 4.69) is 5.10 Å². The fraction of sp³-hybridized carbons (Fsp3) is 0.421. The van der Waals surface area contributed by atoms with Crippen molar-refractivity contribution in [2.75, 3.05) is 13.1 Å². The molecule has 0 radical (unpaired) electrons. The maximum absolute atomic E-state index is 12.4. The van der Waals surface area contributed by atoms with Gasteiger partial charge in [0.2, 0.25) is 5.91 Å². The normalized spacial score (nSPS) is 17.0. The number of carbonyl (C=O) groups excluding carboxylic acids is 1. The minimum Gasteiger partial charge on any atom is -0.478 e. The number of carbonyl (C=O) groups is 2. The summed E-state index contributed by atoms with van der Waals surface area (Å²) in [6.45, 7) is 4.18.